The van der Waals surface area contributed by atoms with E-state index in [1.807, 2.05) is 0 Å². The zero-order chi connectivity index (χ0) is 12.3. The van der Waals surface area contributed by atoms with Crippen molar-refractivity contribution in [2.45, 2.75) is 4.90 Å². The number of nitrogens with zero attached hydrogens (tertiary/aromatic N) is 1. The molecule has 2 aromatic carbocycles. The van der Waals surface area contributed by atoms with Crippen molar-refractivity contribution >= 4 is 27.5 Å². The van der Waals surface area contributed by atoms with Gasteiger partial charge < -0.3 is 0 Å². The van der Waals surface area contributed by atoms with E-state index in [2.05, 4.69) is 0 Å². The van der Waals surface area contributed by atoms with E-state index < -0.39 is 10.0 Å². The first-order valence-corrected chi connectivity index (χ1v) is 6.71. The van der Waals surface area contributed by atoms with Gasteiger partial charge in [-0.1, -0.05) is 36.4 Å². The lowest BCUT2D eigenvalue weighted by atomic mass is 10.3. The van der Waals surface area contributed by atoms with Crippen LogP contribution in [0.1, 0.15) is 0 Å². The second-order valence-electron chi connectivity index (χ2n) is 3.37. The van der Waals surface area contributed by atoms with Crippen molar-refractivity contribution in [3.63, 3.8) is 0 Å². The number of hydrogen-bond donors (Lipinski definition) is 0. The number of rotatable bonds is 3. The Morgan fingerprint density at radius 2 is 1.29 bits per heavy atom. The number of anilines is 1. The van der Waals surface area contributed by atoms with Crippen LogP contribution < -0.4 is 3.82 Å². The molecule has 0 amide bonds. The average molecular weight is 268 g/mol. The molecule has 0 spiro atoms. The molecule has 0 bridgehead atoms. The molecule has 0 atom stereocenters. The van der Waals surface area contributed by atoms with Crippen LogP contribution in [0.5, 0.6) is 0 Å². The molecule has 0 saturated heterocycles. The Morgan fingerprint density at radius 1 is 0.824 bits per heavy atom. The Kier molecular flexibility index (Phi) is 3.36. The Balaban J connectivity index is 2.41. The van der Waals surface area contributed by atoms with Crippen molar-refractivity contribution in [1.29, 1.82) is 0 Å². The van der Waals surface area contributed by atoms with Crippen molar-refractivity contribution < 1.29 is 8.42 Å². The molecule has 2 rings (SSSR count). The Morgan fingerprint density at radius 3 is 1.82 bits per heavy atom. The minimum Gasteiger partial charge on any atom is -0.200 e. The number of halogens is 1. The van der Waals surface area contributed by atoms with Gasteiger partial charge in [-0.15, -0.1) is 0 Å². The molecule has 5 heteroatoms. The van der Waals surface area contributed by atoms with Gasteiger partial charge in [-0.3, -0.25) is 0 Å². The summed E-state index contributed by atoms with van der Waals surface area (Å²) in [5, 5.41) is 0. The minimum absolute atomic E-state index is 0.166. The summed E-state index contributed by atoms with van der Waals surface area (Å²) < 4.78 is 25.0. The van der Waals surface area contributed by atoms with Crippen LogP contribution in [0, 0.1) is 0 Å². The summed E-state index contributed by atoms with van der Waals surface area (Å²) in [6.07, 6.45) is 0. The highest BCUT2D eigenvalue weighted by Gasteiger charge is 2.22. The first kappa shape index (κ1) is 12.0. The van der Waals surface area contributed by atoms with Crippen LogP contribution in [0.25, 0.3) is 0 Å². The molecule has 0 aliphatic carbocycles. The number of benzene rings is 2. The predicted octanol–water partition coefficient (Wildman–Crippen LogP) is 3.04. The Labute approximate surface area is 105 Å². The van der Waals surface area contributed by atoms with Gasteiger partial charge in [0.05, 0.1) is 10.6 Å². The summed E-state index contributed by atoms with van der Waals surface area (Å²) in [7, 11) is -3.69. The third kappa shape index (κ3) is 2.43. The topological polar surface area (TPSA) is 37.4 Å². The molecule has 0 fully saturated rings. The largest absolute Gasteiger partial charge is 0.278 e. The molecule has 3 nitrogen and oxygen atoms in total. The van der Waals surface area contributed by atoms with Gasteiger partial charge in [0, 0.05) is 11.8 Å². The van der Waals surface area contributed by atoms with Crippen LogP contribution in [-0.2, 0) is 10.0 Å². The van der Waals surface area contributed by atoms with Crippen LogP contribution in [0.2, 0.25) is 0 Å². The molecule has 17 heavy (non-hydrogen) atoms. The quantitative estimate of drug-likeness (QED) is 0.802. The van der Waals surface area contributed by atoms with E-state index in [-0.39, 0.29) is 4.90 Å². The molecule has 0 heterocycles. The second kappa shape index (κ2) is 4.77. The lowest BCUT2D eigenvalue weighted by molar-refractivity contribution is 0.598. The van der Waals surface area contributed by atoms with Crippen LogP contribution in [0.15, 0.2) is 65.6 Å². The van der Waals surface area contributed by atoms with Crippen molar-refractivity contribution in [3.8, 4) is 0 Å². The van der Waals surface area contributed by atoms with Crippen LogP contribution >= 0.6 is 11.8 Å². The fourth-order valence-electron chi connectivity index (χ4n) is 1.37. The standard InChI is InChI=1S/C12H10ClNO2S/c13-14(11-7-3-1-4-8-11)17(15,16)12-9-5-2-6-10-12/h1-10H. The van der Waals surface area contributed by atoms with Crippen molar-refractivity contribution in [1.82, 2.24) is 0 Å². The highest BCUT2D eigenvalue weighted by atomic mass is 35.5. The van der Waals surface area contributed by atoms with E-state index in [0.717, 1.165) is 3.82 Å². The van der Waals surface area contributed by atoms with Gasteiger partial charge in [-0.05, 0) is 24.3 Å². The SMILES string of the molecule is O=S(=O)(c1ccccc1)N(Cl)c1ccccc1. The monoisotopic (exact) mass is 267 g/mol. The van der Waals surface area contributed by atoms with E-state index in [1.54, 1.807) is 48.5 Å². The van der Waals surface area contributed by atoms with Gasteiger partial charge in [0.25, 0.3) is 10.0 Å². The Hall–Kier alpha value is -1.52. The molecule has 2 aromatic rings. The zero-order valence-electron chi connectivity index (χ0n) is 8.82. The number of hydrogen-bond acceptors (Lipinski definition) is 2. The summed E-state index contributed by atoms with van der Waals surface area (Å²) in [5.74, 6) is 0. The molecule has 0 aliphatic rings. The molecule has 0 N–H and O–H groups in total. The molecule has 88 valence electrons. The molecular formula is C12H10ClNO2S. The van der Waals surface area contributed by atoms with Gasteiger partial charge in [0.2, 0.25) is 0 Å². The summed E-state index contributed by atoms with van der Waals surface area (Å²) in [4.78, 5) is 0.166. The third-order valence-electron chi connectivity index (χ3n) is 2.21. The van der Waals surface area contributed by atoms with Crippen LogP contribution in [-0.4, -0.2) is 8.42 Å². The number of para-hydroxylation sites is 1. The zero-order valence-corrected chi connectivity index (χ0v) is 10.4. The van der Waals surface area contributed by atoms with E-state index in [9.17, 15) is 8.42 Å². The predicted molar refractivity (Wildman–Crippen MR) is 68.4 cm³/mol. The van der Waals surface area contributed by atoms with Crippen molar-refractivity contribution in [3.05, 3.63) is 60.7 Å². The van der Waals surface area contributed by atoms with Crippen molar-refractivity contribution in [2.24, 2.45) is 0 Å². The average Bonchev–Trinajstić information content (AvgIpc) is 2.40. The van der Waals surface area contributed by atoms with E-state index in [0.29, 0.717) is 5.69 Å². The minimum atomic E-state index is -3.69. The molecular weight excluding hydrogens is 258 g/mol. The lowest BCUT2D eigenvalue weighted by Gasteiger charge is -2.15. The molecule has 0 saturated carbocycles. The fourth-order valence-corrected chi connectivity index (χ4v) is 2.81. The first-order valence-electron chi connectivity index (χ1n) is 4.93. The van der Waals surface area contributed by atoms with Gasteiger partial charge in [0.15, 0.2) is 0 Å². The first-order chi connectivity index (χ1) is 8.12. The van der Waals surface area contributed by atoms with Crippen molar-refractivity contribution in [2.75, 3.05) is 3.82 Å². The molecule has 0 aromatic heterocycles. The lowest BCUT2D eigenvalue weighted by Crippen LogP contribution is -2.21. The third-order valence-corrected chi connectivity index (χ3v) is 4.45. The highest BCUT2D eigenvalue weighted by molar-refractivity contribution is 7.94. The summed E-state index contributed by atoms with van der Waals surface area (Å²) in [6, 6.07) is 16.6. The van der Waals surface area contributed by atoms with Crippen LogP contribution in [0.4, 0.5) is 5.69 Å². The van der Waals surface area contributed by atoms with E-state index >= 15 is 0 Å². The van der Waals surface area contributed by atoms with Gasteiger partial charge in [0.1, 0.15) is 0 Å². The molecule has 0 aliphatic heterocycles. The van der Waals surface area contributed by atoms with E-state index in [1.165, 1.54) is 12.1 Å². The molecule has 0 radical (unpaired) electrons. The maximum atomic E-state index is 12.1. The van der Waals surface area contributed by atoms with Crippen LogP contribution in [0.3, 0.4) is 0 Å². The maximum absolute atomic E-state index is 12.1. The summed E-state index contributed by atoms with van der Waals surface area (Å²) in [6.45, 7) is 0. The molecule has 0 unspecified atom stereocenters. The maximum Gasteiger partial charge on any atom is 0.278 e. The van der Waals surface area contributed by atoms with Gasteiger partial charge >= 0.3 is 0 Å². The normalized spacial score (nSPS) is 11.1. The second-order valence-corrected chi connectivity index (χ2v) is 5.69. The van der Waals surface area contributed by atoms with Gasteiger partial charge in [-0.2, -0.15) is 12.2 Å². The summed E-state index contributed by atoms with van der Waals surface area (Å²) in [5.41, 5.74) is 0.415. The summed E-state index contributed by atoms with van der Waals surface area (Å²) >= 11 is 5.88. The van der Waals surface area contributed by atoms with E-state index in [4.69, 9.17) is 11.8 Å². The smallest absolute Gasteiger partial charge is 0.200 e. The highest BCUT2D eigenvalue weighted by Crippen LogP contribution is 2.24. The number of sulfonamides is 1. The fraction of sp³-hybridized carbons (Fsp3) is 0. The Bertz CT molecular complexity index is 584. The van der Waals surface area contributed by atoms with Gasteiger partial charge in [-0.25, -0.2) is 0 Å².